The number of carboxylic acids is 1. The molecular formula is C17H16Cl2FNO2. The van der Waals surface area contributed by atoms with Gasteiger partial charge in [-0.3, -0.25) is 0 Å². The number of aromatic amines is 1. The highest BCUT2D eigenvalue weighted by molar-refractivity contribution is 6.39. The van der Waals surface area contributed by atoms with Gasteiger partial charge in [-0.25, -0.2) is 9.18 Å². The molecule has 0 aliphatic heterocycles. The molecule has 0 unspecified atom stereocenters. The molecule has 1 aromatic carbocycles. The second kappa shape index (κ2) is 5.53. The van der Waals surface area contributed by atoms with Gasteiger partial charge < -0.3 is 10.1 Å². The standard InChI is InChI=1S/C17H16Cl2FNO2/c1-17(2,20)15-14(16(22)23)10(7-21-15)13-11(18)5-9(6-12(13)19)8-3-4-8/h5-8,21H,3-4H2,1-2H3,(H,22,23). The Labute approximate surface area is 143 Å². The number of aromatic nitrogens is 1. The summed E-state index contributed by atoms with van der Waals surface area (Å²) in [6.45, 7) is 2.60. The largest absolute Gasteiger partial charge is 0.478 e. The Bertz CT molecular complexity index is 765. The van der Waals surface area contributed by atoms with E-state index in [1.165, 1.54) is 20.0 Å². The molecule has 3 nitrogen and oxygen atoms in total. The van der Waals surface area contributed by atoms with Crippen LogP contribution < -0.4 is 0 Å². The van der Waals surface area contributed by atoms with Gasteiger partial charge in [0.15, 0.2) is 0 Å². The SMILES string of the molecule is CC(C)(F)c1[nH]cc(-c2c(Cl)cc(C3CC3)cc2Cl)c1C(=O)O. The number of hydrogen-bond acceptors (Lipinski definition) is 1. The van der Waals surface area contributed by atoms with Gasteiger partial charge in [0.25, 0.3) is 0 Å². The van der Waals surface area contributed by atoms with Crippen LogP contribution >= 0.6 is 23.2 Å². The Balaban J connectivity index is 2.19. The predicted octanol–water partition coefficient (Wildman–Crippen LogP) is 5.77. The van der Waals surface area contributed by atoms with Crippen LogP contribution in [0.2, 0.25) is 10.0 Å². The Morgan fingerprint density at radius 3 is 2.30 bits per heavy atom. The molecule has 3 rings (SSSR count). The zero-order valence-electron chi connectivity index (χ0n) is 12.7. The molecule has 1 aliphatic rings. The minimum Gasteiger partial charge on any atom is -0.478 e. The summed E-state index contributed by atoms with van der Waals surface area (Å²) in [5.41, 5.74) is -0.183. The summed E-state index contributed by atoms with van der Waals surface area (Å²) in [5.74, 6) is -0.745. The van der Waals surface area contributed by atoms with Crippen LogP contribution in [0.25, 0.3) is 11.1 Å². The molecule has 2 aromatic rings. The highest BCUT2D eigenvalue weighted by Crippen LogP contribution is 2.46. The number of H-pyrrole nitrogens is 1. The number of halogens is 3. The van der Waals surface area contributed by atoms with Crippen LogP contribution in [-0.4, -0.2) is 16.1 Å². The molecule has 6 heteroatoms. The summed E-state index contributed by atoms with van der Waals surface area (Å²) in [7, 11) is 0. The Morgan fingerprint density at radius 2 is 1.87 bits per heavy atom. The van der Waals surface area contributed by atoms with Crippen molar-refractivity contribution in [2.24, 2.45) is 0 Å². The van der Waals surface area contributed by atoms with Crippen molar-refractivity contribution < 1.29 is 14.3 Å². The van der Waals surface area contributed by atoms with Crippen molar-refractivity contribution in [1.82, 2.24) is 4.98 Å². The maximum atomic E-state index is 14.3. The average molecular weight is 356 g/mol. The lowest BCUT2D eigenvalue weighted by atomic mass is 9.96. The lowest BCUT2D eigenvalue weighted by Gasteiger charge is -2.15. The van der Waals surface area contributed by atoms with Gasteiger partial charge in [0.1, 0.15) is 5.67 Å². The highest BCUT2D eigenvalue weighted by atomic mass is 35.5. The Kier molecular flexibility index (Phi) is 3.93. The van der Waals surface area contributed by atoms with Crippen molar-refractivity contribution in [3.8, 4) is 11.1 Å². The Morgan fingerprint density at radius 1 is 1.30 bits per heavy atom. The normalized spacial score (nSPS) is 15.0. The van der Waals surface area contributed by atoms with Crippen LogP contribution in [0.15, 0.2) is 18.3 Å². The molecule has 1 aromatic heterocycles. The fourth-order valence-electron chi connectivity index (χ4n) is 2.81. The topological polar surface area (TPSA) is 53.1 Å². The first-order valence-corrected chi connectivity index (χ1v) is 8.09. The average Bonchev–Trinajstić information content (AvgIpc) is 3.16. The second-order valence-electron chi connectivity index (χ2n) is 6.36. The molecule has 23 heavy (non-hydrogen) atoms. The van der Waals surface area contributed by atoms with Crippen molar-refractivity contribution >= 4 is 29.2 Å². The third-order valence-electron chi connectivity index (χ3n) is 4.07. The molecule has 1 aliphatic carbocycles. The minimum atomic E-state index is -1.82. The molecule has 1 fully saturated rings. The minimum absolute atomic E-state index is 0.00148. The van der Waals surface area contributed by atoms with E-state index in [9.17, 15) is 14.3 Å². The van der Waals surface area contributed by atoms with E-state index in [4.69, 9.17) is 23.2 Å². The lowest BCUT2D eigenvalue weighted by molar-refractivity contribution is 0.0690. The second-order valence-corrected chi connectivity index (χ2v) is 7.18. The molecular weight excluding hydrogens is 340 g/mol. The van der Waals surface area contributed by atoms with E-state index in [0.29, 0.717) is 27.1 Å². The Hall–Kier alpha value is -1.52. The molecule has 0 saturated heterocycles. The number of aromatic carboxylic acids is 1. The first kappa shape index (κ1) is 16.3. The summed E-state index contributed by atoms with van der Waals surface area (Å²) in [4.78, 5) is 14.4. The molecule has 0 bridgehead atoms. The highest BCUT2D eigenvalue weighted by Gasteiger charge is 2.32. The maximum absolute atomic E-state index is 14.3. The van der Waals surface area contributed by atoms with Gasteiger partial charge in [-0.05, 0) is 50.3 Å². The van der Waals surface area contributed by atoms with Crippen molar-refractivity contribution in [2.75, 3.05) is 0 Å². The molecule has 1 saturated carbocycles. The number of benzene rings is 1. The summed E-state index contributed by atoms with van der Waals surface area (Å²) >= 11 is 12.7. The van der Waals surface area contributed by atoms with Gasteiger partial charge in [0.2, 0.25) is 0 Å². The molecule has 0 spiro atoms. The number of nitrogens with one attached hydrogen (secondary N) is 1. The van der Waals surface area contributed by atoms with E-state index in [2.05, 4.69) is 4.98 Å². The summed E-state index contributed by atoms with van der Waals surface area (Å²) in [5, 5.41) is 10.3. The molecule has 0 amide bonds. The smallest absolute Gasteiger partial charge is 0.338 e. The summed E-state index contributed by atoms with van der Waals surface area (Å²) in [6, 6.07) is 3.64. The van der Waals surface area contributed by atoms with Gasteiger partial charge in [-0.2, -0.15) is 0 Å². The van der Waals surface area contributed by atoms with E-state index in [-0.39, 0.29) is 11.3 Å². The van der Waals surface area contributed by atoms with Crippen LogP contribution in [0, 0.1) is 0 Å². The third kappa shape index (κ3) is 2.98. The van der Waals surface area contributed by atoms with Gasteiger partial charge in [0, 0.05) is 17.3 Å². The van der Waals surface area contributed by atoms with Crippen LogP contribution in [0.5, 0.6) is 0 Å². The van der Waals surface area contributed by atoms with Gasteiger partial charge in [-0.1, -0.05) is 23.2 Å². The monoisotopic (exact) mass is 355 g/mol. The number of hydrogen-bond donors (Lipinski definition) is 2. The number of alkyl halides is 1. The van der Waals surface area contributed by atoms with Crippen LogP contribution in [-0.2, 0) is 5.67 Å². The van der Waals surface area contributed by atoms with Crippen molar-refractivity contribution in [1.29, 1.82) is 0 Å². The van der Waals surface area contributed by atoms with Crippen LogP contribution in [0.3, 0.4) is 0 Å². The zero-order valence-corrected chi connectivity index (χ0v) is 14.2. The molecule has 122 valence electrons. The van der Waals surface area contributed by atoms with Crippen LogP contribution in [0.4, 0.5) is 4.39 Å². The van der Waals surface area contributed by atoms with Gasteiger partial charge >= 0.3 is 5.97 Å². The first-order chi connectivity index (χ1) is 10.7. The van der Waals surface area contributed by atoms with E-state index in [1.807, 2.05) is 12.1 Å². The van der Waals surface area contributed by atoms with Crippen molar-refractivity contribution in [3.05, 3.63) is 45.2 Å². The fraction of sp³-hybridized carbons (Fsp3) is 0.353. The number of carboxylic acid groups (broad SMARTS) is 1. The molecule has 1 heterocycles. The summed E-state index contributed by atoms with van der Waals surface area (Å²) in [6.07, 6.45) is 3.66. The number of rotatable bonds is 4. The van der Waals surface area contributed by atoms with E-state index >= 15 is 0 Å². The first-order valence-electron chi connectivity index (χ1n) is 7.33. The lowest BCUT2D eigenvalue weighted by Crippen LogP contribution is -2.15. The maximum Gasteiger partial charge on any atom is 0.338 e. The fourth-order valence-corrected chi connectivity index (χ4v) is 3.52. The van der Waals surface area contributed by atoms with E-state index in [0.717, 1.165) is 18.4 Å². The predicted molar refractivity (Wildman–Crippen MR) is 89.3 cm³/mol. The van der Waals surface area contributed by atoms with Crippen LogP contribution in [0.1, 0.15) is 54.2 Å². The number of carbonyl (C=O) groups is 1. The third-order valence-corrected chi connectivity index (χ3v) is 4.67. The van der Waals surface area contributed by atoms with Gasteiger partial charge in [-0.15, -0.1) is 0 Å². The van der Waals surface area contributed by atoms with Crippen molar-refractivity contribution in [3.63, 3.8) is 0 Å². The van der Waals surface area contributed by atoms with E-state index in [1.54, 1.807) is 0 Å². The molecule has 2 N–H and O–H groups in total. The zero-order chi connectivity index (χ0) is 16.9. The van der Waals surface area contributed by atoms with Gasteiger partial charge in [0.05, 0.1) is 21.3 Å². The van der Waals surface area contributed by atoms with Crippen molar-refractivity contribution in [2.45, 2.75) is 38.3 Å². The summed E-state index contributed by atoms with van der Waals surface area (Å²) < 4.78 is 14.3. The van der Waals surface area contributed by atoms with E-state index < -0.39 is 11.6 Å². The molecule has 0 radical (unpaired) electrons. The quantitative estimate of drug-likeness (QED) is 0.731. The molecule has 0 atom stereocenters.